The van der Waals surface area contributed by atoms with E-state index in [1.165, 1.54) is 0 Å². The van der Waals surface area contributed by atoms with Gasteiger partial charge >= 0.3 is 5.97 Å². The summed E-state index contributed by atoms with van der Waals surface area (Å²) < 4.78 is 0. The fourth-order valence-electron chi connectivity index (χ4n) is 1.70. The van der Waals surface area contributed by atoms with Gasteiger partial charge in [-0.2, -0.15) is 0 Å². The molecule has 0 fully saturated rings. The molecule has 0 spiro atoms. The van der Waals surface area contributed by atoms with E-state index in [1.54, 1.807) is 24.3 Å². The van der Waals surface area contributed by atoms with Gasteiger partial charge in [-0.05, 0) is 42.2 Å². The maximum Gasteiger partial charge on any atom is 0.328 e. The first-order valence-electron chi connectivity index (χ1n) is 5.86. The van der Waals surface area contributed by atoms with Crippen LogP contribution in [0.15, 0.2) is 24.3 Å². The van der Waals surface area contributed by atoms with Crippen LogP contribution in [-0.4, -0.2) is 16.2 Å². The van der Waals surface area contributed by atoms with Crippen molar-refractivity contribution < 1.29 is 15.0 Å². The summed E-state index contributed by atoms with van der Waals surface area (Å²) >= 11 is 0. The van der Waals surface area contributed by atoms with Gasteiger partial charge in [0.2, 0.25) is 0 Å². The number of carboxylic acid groups (broad SMARTS) is 1. The topological polar surface area (TPSA) is 57.5 Å². The zero-order chi connectivity index (χ0) is 12.7. The minimum absolute atomic E-state index is 0.226. The highest BCUT2D eigenvalue weighted by molar-refractivity contribution is 5.85. The summed E-state index contributed by atoms with van der Waals surface area (Å²) in [5.74, 6) is -0.735. The molecule has 0 radical (unpaired) electrons. The van der Waals surface area contributed by atoms with Gasteiger partial charge in [-0.25, -0.2) is 4.79 Å². The molecule has 0 heterocycles. The molecule has 0 unspecified atom stereocenters. The van der Waals surface area contributed by atoms with Gasteiger partial charge in [-0.1, -0.05) is 25.8 Å². The molecule has 1 aromatic carbocycles. The molecule has 0 amide bonds. The van der Waals surface area contributed by atoms with E-state index in [-0.39, 0.29) is 5.75 Å². The Kier molecular flexibility index (Phi) is 5.27. The van der Waals surface area contributed by atoms with Gasteiger partial charge < -0.3 is 10.2 Å². The molecule has 1 aromatic rings. The van der Waals surface area contributed by atoms with Crippen molar-refractivity contribution in [3.05, 3.63) is 35.4 Å². The minimum atomic E-state index is -0.961. The Hall–Kier alpha value is -1.77. The van der Waals surface area contributed by atoms with E-state index in [0.717, 1.165) is 42.9 Å². The molecule has 3 nitrogen and oxygen atoms in total. The summed E-state index contributed by atoms with van der Waals surface area (Å²) in [5, 5.41) is 18.0. The third-order valence-electron chi connectivity index (χ3n) is 2.58. The normalized spacial score (nSPS) is 10.9. The van der Waals surface area contributed by atoms with Crippen molar-refractivity contribution in [2.75, 3.05) is 0 Å². The van der Waals surface area contributed by atoms with Gasteiger partial charge in [0.05, 0.1) is 0 Å². The van der Waals surface area contributed by atoms with Gasteiger partial charge in [0, 0.05) is 6.08 Å². The Bertz CT molecular complexity index is 408. The lowest BCUT2D eigenvalue weighted by molar-refractivity contribution is -0.131. The molecular formula is C14H18O3. The van der Waals surface area contributed by atoms with E-state index in [1.807, 2.05) is 0 Å². The van der Waals surface area contributed by atoms with Gasteiger partial charge in [0.1, 0.15) is 5.75 Å². The number of rotatable bonds is 6. The number of aliphatic carboxylic acids is 1. The summed E-state index contributed by atoms with van der Waals surface area (Å²) in [6.45, 7) is 2.13. The van der Waals surface area contributed by atoms with E-state index in [9.17, 15) is 9.90 Å². The first kappa shape index (κ1) is 13.3. The standard InChI is InChI=1S/C14H18O3/c1-2-3-4-5-12-10-13(15)8-6-11(12)7-9-14(16)17/h6-10,15H,2-5H2,1H3,(H,16,17). The first-order valence-corrected chi connectivity index (χ1v) is 5.86. The van der Waals surface area contributed by atoms with Crippen molar-refractivity contribution in [1.29, 1.82) is 0 Å². The van der Waals surface area contributed by atoms with E-state index < -0.39 is 5.97 Å². The van der Waals surface area contributed by atoms with Crippen molar-refractivity contribution >= 4 is 12.0 Å². The highest BCUT2D eigenvalue weighted by Crippen LogP contribution is 2.20. The Morgan fingerprint density at radius 2 is 2.12 bits per heavy atom. The fourth-order valence-corrected chi connectivity index (χ4v) is 1.70. The molecule has 17 heavy (non-hydrogen) atoms. The van der Waals surface area contributed by atoms with Crippen LogP contribution in [0.2, 0.25) is 0 Å². The maximum absolute atomic E-state index is 10.5. The summed E-state index contributed by atoms with van der Waals surface area (Å²) in [6.07, 6.45) is 6.88. The third-order valence-corrected chi connectivity index (χ3v) is 2.58. The SMILES string of the molecule is CCCCCc1cc(O)ccc1C=CC(=O)O. The highest BCUT2D eigenvalue weighted by atomic mass is 16.4. The molecule has 92 valence electrons. The summed E-state index contributed by atoms with van der Waals surface area (Å²) in [4.78, 5) is 10.5. The molecule has 0 saturated carbocycles. The van der Waals surface area contributed by atoms with Gasteiger partial charge in [0.15, 0.2) is 0 Å². The van der Waals surface area contributed by atoms with Crippen LogP contribution in [0, 0.1) is 0 Å². The molecule has 0 aliphatic rings. The van der Waals surface area contributed by atoms with E-state index in [4.69, 9.17) is 5.11 Å². The number of hydrogen-bond donors (Lipinski definition) is 2. The molecule has 1 rings (SSSR count). The van der Waals surface area contributed by atoms with Crippen LogP contribution in [0.1, 0.15) is 37.3 Å². The first-order chi connectivity index (χ1) is 8.13. The number of aromatic hydroxyl groups is 1. The van der Waals surface area contributed by atoms with Crippen molar-refractivity contribution in [3.8, 4) is 5.75 Å². The average molecular weight is 234 g/mol. The van der Waals surface area contributed by atoms with Gasteiger partial charge in [-0.3, -0.25) is 0 Å². The number of unbranched alkanes of at least 4 members (excludes halogenated alkanes) is 2. The van der Waals surface area contributed by atoms with Gasteiger partial charge in [-0.15, -0.1) is 0 Å². The average Bonchev–Trinajstić information content (AvgIpc) is 2.28. The lowest BCUT2D eigenvalue weighted by atomic mass is 10.0. The van der Waals surface area contributed by atoms with E-state index in [2.05, 4.69) is 6.92 Å². The van der Waals surface area contributed by atoms with E-state index in [0.29, 0.717) is 0 Å². The predicted octanol–water partition coefficient (Wildman–Crippen LogP) is 3.22. The molecule has 0 bridgehead atoms. The van der Waals surface area contributed by atoms with Crippen molar-refractivity contribution in [2.24, 2.45) is 0 Å². The monoisotopic (exact) mass is 234 g/mol. The predicted molar refractivity (Wildman–Crippen MR) is 68.0 cm³/mol. The Morgan fingerprint density at radius 1 is 1.35 bits per heavy atom. The number of phenolic OH excluding ortho intramolecular Hbond substituents is 1. The van der Waals surface area contributed by atoms with Crippen LogP contribution in [0.25, 0.3) is 6.08 Å². The number of benzene rings is 1. The second kappa shape index (κ2) is 6.74. The zero-order valence-corrected chi connectivity index (χ0v) is 10.0. The summed E-state index contributed by atoms with van der Waals surface area (Å²) in [6, 6.07) is 5.03. The van der Waals surface area contributed by atoms with Crippen LogP contribution < -0.4 is 0 Å². The van der Waals surface area contributed by atoms with Crippen LogP contribution in [-0.2, 0) is 11.2 Å². The van der Waals surface area contributed by atoms with Crippen LogP contribution in [0.3, 0.4) is 0 Å². The molecule has 0 aliphatic carbocycles. The summed E-state index contributed by atoms with van der Waals surface area (Å²) in [7, 11) is 0. The molecule has 2 N–H and O–H groups in total. The highest BCUT2D eigenvalue weighted by Gasteiger charge is 2.02. The zero-order valence-electron chi connectivity index (χ0n) is 10.0. The number of phenols is 1. The fraction of sp³-hybridized carbons (Fsp3) is 0.357. The molecule has 0 saturated heterocycles. The third kappa shape index (κ3) is 4.72. The Labute approximate surface area is 101 Å². The molecule has 0 atom stereocenters. The number of carboxylic acids is 1. The Balaban J connectivity index is 2.83. The lowest BCUT2D eigenvalue weighted by Gasteiger charge is -2.06. The van der Waals surface area contributed by atoms with E-state index >= 15 is 0 Å². The van der Waals surface area contributed by atoms with Crippen molar-refractivity contribution in [2.45, 2.75) is 32.6 Å². The molecular weight excluding hydrogens is 216 g/mol. The summed E-state index contributed by atoms with van der Waals surface area (Å²) in [5.41, 5.74) is 1.86. The number of aryl methyl sites for hydroxylation is 1. The molecule has 0 aliphatic heterocycles. The van der Waals surface area contributed by atoms with Crippen LogP contribution in [0.4, 0.5) is 0 Å². The maximum atomic E-state index is 10.5. The second-order valence-electron chi connectivity index (χ2n) is 4.01. The molecule has 0 aromatic heterocycles. The van der Waals surface area contributed by atoms with Crippen LogP contribution >= 0.6 is 0 Å². The Morgan fingerprint density at radius 3 is 2.76 bits per heavy atom. The van der Waals surface area contributed by atoms with Crippen molar-refractivity contribution in [3.63, 3.8) is 0 Å². The largest absolute Gasteiger partial charge is 0.508 e. The second-order valence-corrected chi connectivity index (χ2v) is 4.01. The van der Waals surface area contributed by atoms with Crippen LogP contribution in [0.5, 0.6) is 5.75 Å². The lowest BCUT2D eigenvalue weighted by Crippen LogP contribution is -1.91. The smallest absolute Gasteiger partial charge is 0.328 e. The molecule has 3 heteroatoms. The quantitative estimate of drug-likeness (QED) is 0.587. The van der Waals surface area contributed by atoms with Gasteiger partial charge in [0.25, 0.3) is 0 Å². The minimum Gasteiger partial charge on any atom is -0.508 e. The number of carbonyl (C=O) groups is 1. The van der Waals surface area contributed by atoms with Crippen molar-refractivity contribution in [1.82, 2.24) is 0 Å². The number of hydrogen-bond acceptors (Lipinski definition) is 2.